The van der Waals surface area contributed by atoms with Crippen LogP contribution in [0.5, 0.6) is 0 Å². The molecule has 0 spiro atoms. The largest absolute Gasteiger partial charge is 0.456 e. The molecule has 1 heteroatoms. The topological polar surface area (TPSA) is 13.1 Å². The van der Waals surface area contributed by atoms with E-state index in [4.69, 9.17) is 29.1 Å². The van der Waals surface area contributed by atoms with Gasteiger partial charge in [0.2, 0.25) is 0 Å². The summed E-state index contributed by atoms with van der Waals surface area (Å²) < 4.78 is 269. The maximum atomic E-state index is 9.88. The van der Waals surface area contributed by atoms with Crippen LogP contribution in [0.4, 0.5) is 0 Å². The first-order chi connectivity index (χ1) is 34.8. The molecular weight excluding hydrogens is 556 g/mol. The maximum absolute atomic E-state index is 9.88. The Bertz CT molecular complexity index is 4170. The molecular formula is C45H30O. The Hall–Kier alpha value is -5.66. The molecule has 1 unspecified atom stereocenters. The predicted octanol–water partition coefficient (Wildman–Crippen LogP) is 12.7. The summed E-state index contributed by atoms with van der Waals surface area (Å²) in [7, 11) is 0. The second kappa shape index (κ2) is 9.19. The minimum absolute atomic E-state index is 0.470. The van der Waals surface area contributed by atoms with Gasteiger partial charge in [0.05, 0.1) is 32.9 Å². The zero-order chi connectivity index (χ0) is 55.5. The van der Waals surface area contributed by atoms with Gasteiger partial charge in [0.1, 0.15) is 11.2 Å². The number of furan rings is 1. The van der Waals surface area contributed by atoms with E-state index < -0.39 is 263 Å². The Morgan fingerprint density at radius 2 is 1.11 bits per heavy atom. The molecule has 1 atom stereocenters. The van der Waals surface area contributed by atoms with Crippen molar-refractivity contribution in [2.45, 2.75) is 19.1 Å². The molecule has 9 aromatic rings. The Morgan fingerprint density at radius 1 is 0.500 bits per heavy atom. The van der Waals surface area contributed by atoms with Crippen molar-refractivity contribution < 1.29 is 44.2 Å². The van der Waals surface area contributed by atoms with E-state index in [2.05, 4.69) is 0 Å². The summed E-state index contributed by atoms with van der Waals surface area (Å²) in [5, 5.41) is -5.46. The van der Waals surface area contributed by atoms with Gasteiger partial charge in [-0.25, -0.2) is 0 Å². The molecule has 46 heavy (non-hydrogen) atoms. The van der Waals surface area contributed by atoms with Crippen LogP contribution in [0.2, 0.25) is 0 Å². The van der Waals surface area contributed by atoms with Crippen molar-refractivity contribution >= 4 is 54.3 Å². The Balaban J connectivity index is 1.55. The van der Waals surface area contributed by atoms with Gasteiger partial charge in [0.15, 0.2) is 0 Å². The molecule has 0 fully saturated rings. The third kappa shape index (κ3) is 3.40. The number of fused-ring (bicyclic) bond motifs is 9. The van der Waals surface area contributed by atoms with Crippen LogP contribution < -0.4 is 0 Å². The van der Waals surface area contributed by atoms with E-state index in [1.807, 2.05) is 0 Å². The molecule has 1 heterocycles. The van der Waals surface area contributed by atoms with Gasteiger partial charge in [-0.15, -0.1) is 0 Å². The third-order valence-electron chi connectivity index (χ3n) is 8.11. The summed E-state index contributed by atoms with van der Waals surface area (Å²) in [6.45, 7) is -6.55. The summed E-state index contributed by atoms with van der Waals surface area (Å²) in [4.78, 5) is 0. The fourth-order valence-electron chi connectivity index (χ4n) is 6.21. The van der Waals surface area contributed by atoms with E-state index in [9.17, 15) is 15.1 Å². The fourth-order valence-corrected chi connectivity index (χ4v) is 6.21. The standard InChI is InChI=1S/C45H30O/c1-45(2)39-21-10-9-14-30(39)35-19-11-20-36(44(35)45)43-33-17-7-5-15-31(33)42(32-16-6-8-18-34(32)43)29-22-23-40-37(25-29)38-24-27-12-3-4-13-28(27)26-41(38)46-40/h3-26H,1-2H3/i1D2,2D3,3D,4D,5D,6D,7D,8D,9D,10D,11D,12D,13D,14D,15D,16D,17D,18D,19D,20D,21D,22D,23D,24D,25D,26D. The van der Waals surface area contributed by atoms with Gasteiger partial charge in [0.25, 0.3) is 0 Å². The molecule has 1 aliphatic carbocycles. The van der Waals surface area contributed by atoms with Crippen molar-refractivity contribution in [3.63, 3.8) is 0 Å². The Labute approximate surface area is 308 Å². The molecule has 0 aliphatic heterocycles. The highest BCUT2D eigenvalue weighted by atomic mass is 16.3. The maximum Gasteiger partial charge on any atom is 0.136 e. The lowest BCUT2D eigenvalue weighted by Gasteiger charge is -2.26. The monoisotopic (exact) mass is 615 g/mol. The highest BCUT2D eigenvalue weighted by Gasteiger charge is 2.37. The van der Waals surface area contributed by atoms with Gasteiger partial charge >= 0.3 is 0 Å². The minimum Gasteiger partial charge on any atom is -0.456 e. The molecule has 0 saturated heterocycles. The number of benzene rings is 8. The molecule has 1 nitrogen and oxygen atoms in total. The van der Waals surface area contributed by atoms with E-state index in [1.54, 1.807) is 0 Å². The first-order valence-electron chi connectivity index (χ1n) is 28.4. The zero-order valence-electron chi connectivity index (χ0n) is 52.0. The third-order valence-corrected chi connectivity index (χ3v) is 8.11. The van der Waals surface area contributed by atoms with Gasteiger partial charge in [-0.2, -0.15) is 0 Å². The van der Waals surface area contributed by atoms with Crippen molar-refractivity contribution in [2.75, 3.05) is 0 Å². The molecule has 0 N–H and O–H groups in total. The van der Waals surface area contributed by atoms with Crippen molar-refractivity contribution in [1.82, 2.24) is 0 Å². The zero-order valence-corrected chi connectivity index (χ0v) is 23.0. The summed E-state index contributed by atoms with van der Waals surface area (Å²) in [6, 6.07) is -23.5. The number of hydrogen-bond donors (Lipinski definition) is 0. The second-order valence-electron chi connectivity index (χ2n) is 10.6. The SMILES string of the molecule is [2H]c1c([2H])c([2H])c2c(c1[2H])-c1c([2H])c([2H])c([2H])c(-c3c4c([2H])c([2H])c([2H])c([2H])c4c(-c4c([2H])c([2H])c5oc6c([2H])c7c([2H])c([2H])c([2H])c([2H])c7c([2H])c6c5c4[2H])c4c([2H])c([2H])c([2H])c([2H])c34)c1C2(C([2H])[2H])C([2H])([2H])[2H]. The van der Waals surface area contributed by atoms with Crippen molar-refractivity contribution in [1.29, 1.82) is 0 Å². The smallest absolute Gasteiger partial charge is 0.136 e. The van der Waals surface area contributed by atoms with Crippen LogP contribution in [0, 0.1) is 0 Å². The fraction of sp³-hybridized carbons (Fsp3) is 0.0667. The van der Waals surface area contributed by atoms with E-state index >= 15 is 0 Å². The Morgan fingerprint density at radius 3 is 1.85 bits per heavy atom. The molecule has 0 radical (unpaired) electrons. The summed E-state index contributed by atoms with van der Waals surface area (Å²) in [5.74, 6) is 0. The molecule has 1 aromatic heterocycles. The summed E-state index contributed by atoms with van der Waals surface area (Å²) >= 11 is 0. The van der Waals surface area contributed by atoms with E-state index in [1.165, 1.54) is 0 Å². The van der Waals surface area contributed by atoms with Crippen molar-refractivity contribution in [3.8, 4) is 33.4 Å². The van der Waals surface area contributed by atoms with Gasteiger partial charge < -0.3 is 4.42 Å². The van der Waals surface area contributed by atoms with Crippen molar-refractivity contribution in [2.24, 2.45) is 0 Å². The van der Waals surface area contributed by atoms with Gasteiger partial charge in [0, 0.05) is 23.0 Å². The van der Waals surface area contributed by atoms with E-state index in [0.717, 1.165) is 0 Å². The predicted molar refractivity (Wildman–Crippen MR) is 195 cm³/mol. The average Bonchev–Trinajstić information content (AvgIpc) is 3.97. The van der Waals surface area contributed by atoms with Crippen LogP contribution in [-0.4, -0.2) is 0 Å². The van der Waals surface area contributed by atoms with Crippen LogP contribution in [0.25, 0.3) is 87.6 Å². The van der Waals surface area contributed by atoms with Gasteiger partial charge in [-0.3, -0.25) is 0 Å². The lowest BCUT2D eigenvalue weighted by atomic mass is 9.77. The van der Waals surface area contributed by atoms with Crippen LogP contribution >= 0.6 is 0 Å². The van der Waals surface area contributed by atoms with E-state index in [-0.39, 0.29) is 0 Å². The van der Waals surface area contributed by atoms with Crippen LogP contribution in [0.1, 0.15) is 64.6 Å². The van der Waals surface area contributed by atoms with Crippen LogP contribution in [0.15, 0.2) is 149 Å². The summed E-state index contributed by atoms with van der Waals surface area (Å²) in [5.41, 5.74) is -11.6. The molecule has 0 saturated carbocycles. The average molecular weight is 616 g/mol. The molecule has 0 amide bonds. The molecule has 216 valence electrons. The normalized spacial score (nSPS) is 24.9. The van der Waals surface area contributed by atoms with E-state index in [0.29, 0.717) is 0 Å². The van der Waals surface area contributed by atoms with Gasteiger partial charge in [-0.05, 0) is 101 Å². The van der Waals surface area contributed by atoms with Crippen LogP contribution in [-0.2, 0) is 5.41 Å². The van der Waals surface area contributed by atoms with Crippen molar-refractivity contribution in [3.05, 3.63) is 156 Å². The molecule has 0 bridgehead atoms. The first-order valence-corrected chi connectivity index (χ1v) is 13.7. The number of rotatable bonds is 2. The lowest BCUT2D eigenvalue weighted by molar-refractivity contribution is 0.662. The highest BCUT2D eigenvalue weighted by molar-refractivity contribution is 6.23. The first kappa shape index (κ1) is 10.2. The Kier molecular flexibility index (Phi) is 2.03. The molecule has 10 rings (SSSR count). The lowest BCUT2D eigenvalue weighted by Crippen LogP contribution is -2.16. The minimum atomic E-state index is -3.77. The van der Waals surface area contributed by atoms with Crippen LogP contribution in [0.3, 0.4) is 0 Å². The summed E-state index contributed by atoms with van der Waals surface area (Å²) in [6.07, 6.45) is 0. The second-order valence-corrected chi connectivity index (χ2v) is 10.6. The number of hydrogen-bond acceptors (Lipinski definition) is 1. The quantitative estimate of drug-likeness (QED) is 0.176. The highest BCUT2D eigenvalue weighted by Crippen LogP contribution is 2.54. The van der Waals surface area contributed by atoms with Gasteiger partial charge in [-0.1, -0.05) is 135 Å². The molecule has 1 aliphatic rings. The molecule has 8 aromatic carbocycles.